The number of nitrogens with one attached hydrogen (secondary N) is 1. The molecule has 5 nitrogen and oxygen atoms in total. The minimum Gasteiger partial charge on any atom is -0.339 e. The van der Waals surface area contributed by atoms with Gasteiger partial charge in [-0.2, -0.15) is 0 Å². The predicted octanol–water partition coefficient (Wildman–Crippen LogP) is 1.75. The van der Waals surface area contributed by atoms with Gasteiger partial charge in [0.1, 0.15) is 0 Å². The van der Waals surface area contributed by atoms with Crippen molar-refractivity contribution in [2.45, 2.75) is 43.0 Å². The van der Waals surface area contributed by atoms with E-state index in [1.807, 2.05) is 0 Å². The van der Waals surface area contributed by atoms with Crippen LogP contribution in [-0.4, -0.2) is 38.4 Å². The molecule has 1 aliphatic heterocycles. The van der Waals surface area contributed by atoms with Crippen LogP contribution in [0.2, 0.25) is 0 Å². The molecule has 0 spiro atoms. The highest BCUT2D eigenvalue weighted by Crippen LogP contribution is 2.21. The average molecular weight is 308 g/mol. The Morgan fingerprint density at radius 3 is 2.48 bits per heavy atom. The third-order valence-corrected chi connectivity index (χ3v) is 5.73. The fourth-order valence-electron chi connectivity index (χ4n) is 2.83. The van der Waals surface area contributed by atoms with E-state index in [2.05, 4.69) is 4.72 Å². The summed E-state index contributed by atoms with van der Waals surface area (Å²) in [5.41, 5.74) is 0.448. The zero-order valence-corrected chi connectivity index (χ0v) is 12.7. The SMILES string of the molecule is O=C(c1cccc(S(=O)(=O)NC2CCCC2)c1)N1CCC1. The van der Waals surface area contributed by atoms with E-state index in [1.54, 1.807) is 23.1 Å². The Morgan fingerprint density at radius 1 is 1.14 bits per heavy atom. The zero-order valence-electron chi connectivity index (χ0n) is 11.9. The molecular weight excluding hydrogens is 288 g/mol. The molecule has 0 bridgehead atoms. The van der Waals surface area contributed by atoms with Gasteiger partial charge >= 0.3 is 0 Å². The Labute approximate surface area is 125 Å². The van der Waals surface area contributed by atoms with Crippen LogP contribution in [0.15, 0.2) is 29.2 Å². The molecule has 1 amide bonds. The minimum atomic E-state index is -3.53. The molecule has 1 saturated heterocycles. The van der Waals surface area contributed by atoms with Crippen molar-refractivity contribution in [2.75, 3.05) is 13.1 Å². The quantitative estimate of drug-likeness (QED) is 0.921. The van der Waals surface area contributed by atoms with Crippen LogP contribution < -0.4 is 4.72 Å². The highest BCUT2D eigenvalue weighted by Gasteiger charge is 2.25. The standard InChI is InChI=1S/C15H20N2O3S/c18-15(17-9-4-10-17)12-5-3-8-14(11-12)21(19,20)16-13-6-1-2-7-13/h3,5,8,11,13,16H,1-2,4,6-7,9-10H2. The van der Waals surface area contributed by atoms with Gasteiger partial charge in [-0.1, -0.05) is 18.9 Å². The Balaban J connectivity index is 1.79. The fraction of sp³-hybridized carbons (Fsp3) is 0.533. The largest absolute Gasteiger partial charge is 0.339 e. The number of rotatable bonds is 4. The molecule has 2 fully saturated rings. The van der Waals surface area contributed by atoms with Gasteiger partial charge in [-0.05, 0) is 37.5 Å². The van der Waals surface area contributed by atoms with Crippen LogP contribution in [0.25, 0.3) is 0 Å². The van der Waals surface area contributed by atoms with E-state index < -0.39 is 10.0 Å². The Bertz CT molecular complexity index is 632. The van der Waals surface area contributed by atoms with Crippen molar-refractivity contribution < 1.29 is 13.2 Å². The van der Waals surface area contributed by atoms with Gasteiger partial charge in [-0.3, -0.25) is 4.79 Å². The van der Waals surface area contributed by atoms with E-state index >= 15 is 0 Å². The van der Waals surface area contributed by atoms with Crippen LogP contribution in [0.5, 0.6) is 0 Å². The number of benzene rings is 1. The van der Waals surface area contributed by atoms with Crippen molar-refractivity contribution in [1.29, 1.82) is 0 Å². The van der Waals surface area contributed by atoms with Crippen LogP contribution in [-0.2, 0) is 10.0 Å². The lowest BCUT2D eigenvalue weighted by atomic mass is 10.1. The second-order valence-electron chi connectivity index (χ2n) is 5.78. The normalized spacial score (nSPS) is 19.5. The summed E-state index contributed by atoms with van der Waals surface area (Å²) in [6.07, 6.45) is 4.95. The van der Waals surface area contributed by atoms with Crippen LogP contribution >= 0.6 is 0 Å². The molecule has 0 aromatic heterocycles. The number of carbonyl (C=O) groups is 1. The first-order chi connectivity index (χ1) is 10.1. The predicted molar refractivity (Wildman–Crippen MR) is 79.5 cm³/mol. The van der Waals surface area contributed by atoms with Crippen LogP contribution in [0, 0.1) is 0 Å². The van der Waals surface area contributed by atoms with Gasteiger partial charge in [0, 0.05) is 24.7 Å². The summed E-state index contributed by atoms with van der Waals surface area (Å²) < 4.78 is 27.5. The Kier molecular flexibility index (Phi) is 3.99. The molecule has 1 N–H and O–H groups in total. The van der Waals surface area contributed by atoms with E-state index in [0.29, 0.717) is 5.56 Å². The number of likely N-dealkylation sites (tertiary alicyclic amines) is 1. The molecule has 1 heterocycles. The van der Waals surface area contributed by atoms with Crippen LogP contribution in [0.1, 0.15) is 42.5 Å². The van der Waals surface area contributed by atoms with E-state index in [4.69, 9.17) is 0 Å². The third-order valence-electron chi connectivity index (χ3n) is 4.21. The summed E-state index contributed by atoms with van der Waals surface area (Å²) in [5, 5.41) is 0. The second kappa shape index (κ2) is 5.77. The van der Waals surface area contributed by atoms with Crippen molar-refractivity contribution in [3.8, 4) is 0 Å². The average Bonchev–Trinajstić information content (AvgIpc) is 2.89. The molecule has 0 radical (unpaired) electrons. The van der Waals surface area contributed by atoms with E-state index in [-0.39, 0.29) is 16.8 Å². The van der Waals surface area contributed by atoms with Crippen molar-refractivity contribution in [1.82, 2.24) is 9.62 Å². The number of carbonyl (C=O) groups excluding carboxylic acids is 1. The maximum atomic E-state index is 12.4. The molecule has 1 aliphatic carbocycles. The van der Waals surface area contributed by atoms with Gasteiger partial charge in [0.2, 0.25) is 10.0 Å². The van der Waals surface area contributed by atoms with Crippen molar-refractivity contribution in [2.24, 2.45) is 0 Å². The molecule has 3 rings (SSSR count). The summed E-state index contributed by atoms with van der Waals surface area (Å²) >= 11 is 0. The maximum absolute atomic E-state index is 12.4. The number of hydrogen-bond acceptors (Lipinski definition) is 3. The lowest BCUT2D eigenvalue weighted by Crippen LogP contribution is -2.42. The summed E-state index contributed by atoms with van der Waals surface area (Å²) in [4.78, 5) is 14.1. The topological polar surface area (TPSA) is 66.5 Å². The molecule has 0 atom stereocenters. The molecule has 114 valence electrons. The summed E-state index contributed by atoms with van der Waals surface area (Å²) in [7, 11) is -3.53. The van der Waals surface area contributed by atoms with Crippen LogP contribution in [0.3, 0.4) is 0 Å². The summed E-state index contributed by atoms with van der Waals surface area (Å²) in [5.74, 6) is -0.0841. The number of amides is 1. The third kappa shape index (κ3) is 3.11. The molecule has 0 unspecified atom stereocenters. The first-order valence-corrected chi connectivity index (χ1v) is 8.96. The number of nitrogens with zero attached hydrogens (tertiary/aromatic N) is 1. The molecule has 21 heavy (non-hydrogen) atoms. The van der Waals surface area contributed by atoms with Crippen molar-refractivity contribution in [3.05, 3.63) is 29.8 Å². The lowest BCUT2D eigenvalue weighted by Gasteiger charge is -2.31. The van der Waals surface area contributed by atoms with Gasteiger partial charge < -0.3 is 4.90 Å². The van der Waals surface area contributed by atoms with Gasteiger partial charge in [0.15, 0.2) is 0 Å². The molecule has 1 aromatic rings. The second-order valence-corrected chi connectivity index (χ2v) is 7.49. The Hall–Kier alpha value is -1.40. The smallest absolute Gasteiger partial charge is 0.253 e. The minimum absolute atomic E-state index is 0.0322. The molecule has 6 heteroatoms. The molecular formula is C15H20N2O3S. The van der Waals surface area contributed by atoms with Crippen molar-refractivity contribution in [3.63, 3.8) is 0 Å². The fourth-order valence-corrected chi connectivity index (χ4v) is 4.18. The molecule has 2 aliphatic rings. The van der Waals surface area contributed by atoms with E-state index in [9.17, 15) is 13.2 Å². The van der Waals surface area contributed by atoms with Gasteiger partial charge in [-0.25, -0.2) is 13.1 Å². The van der Waals surface area contributed by atoms with Crippen LogP contribution in [0.4, 0.5) is 0 Å². The van der Waals surface area contributed by atoms with Gasteiger partial charge in [0.05, 0.1) is 4.90 Å². The Morgan fingerprint density at radius 2 is 1.86 bits per heavy atom. The lowest BCUT2D eigenvalue weighted by molar-refractivity contribution is 0.0651. The summed E-state index contributed by atoms with van der Waals surface area (Å²) in [6.45, 7) is 1.52. The molecule has 1 aromatic carbocycles. The maximum Gasteiger partial charge on any atom is 0.253 e. The summed E-state index contributed by atoms with van der Waals surface area (Å²) in [6, 6.07) is 6.37. The highest BCUT2D eigenvalue weighted by molar-refractivity contribution is 7.89. The first-order valence-electron chi connectivity index (χ1n) is 7.48. The molecule has 1 saturated carbocycles. The van der Waals surface area contributed by atoms with Crippen molar-refractivity contribution >= 4 is 15.9 Å². The monoisotopic (exact) mass is 308 g/mol. The number of hydrogen-bond donors (Lipinski definition) is 1. The van der Waals surface area contributed by atoms with E-state index in [1.165, 1.54) is 6.07 Å². The number of sulfonamides is 1. The highest BCUT2D eigenvalue weighted by atomic mass is 32.2. The van der Waals surface area contributed by atoms with E-state index in [0.717, 1.165) is 45.2 Å². The first kappa shape index (κ1) is 14.5. The van der Waals surface area contributed by atoms with Gasteiger partial charge in [0.25, 0.3) is 5.91 Å². The zero-order chi connectivity index (χ0) is 14.9. The van der Waals surface area contributed by atoms with Gasteiger partial charge in [-0.15, -0.1) is 0 Å².